The van der Waals surface area contributed by atoms with Crippen molar-refractivity contribution in [2.75, 3.05) is 12.8 Å². The third kappa shape index (κ3) is 3.00. The number of nitrogens with zero attached hydrogens (tertiary/aromatic N) is 3. The van der Waals surface area contributed by atoms with Gasteiger partial charge in [-0.05, 0) is 32.9 Å². The molecule has 7 nitrogen and oxygen atoms in total. The molecule has 2 heterocycles. The lowest BCUT2D eigenvalue weighted by molar-refractivity contribution is 0.401. The minimum Gasteiger partial charge on any atom is -0.495 e. The normalized spacial score (nSPS) is 12.1. The van der Waals surface area contributed by atoms with Crippen LogP contribution in [0.2, 0.25) is 0 Å². The summed E-state index contributed by atoms with van der Waals surface area (Å²) in [7, 11) is -2.23. The maximum absolute atomic E-state index is 13.0. The Hall–Kier alpha value is -3.05. The van der Waals surface area contributed by atoms with Crippen LogP contribution in [0.5, 0.6) is 5.75 Å². The van der Waals surface area contributed by atoms with Crippen LogP contribution in [-0.4, -0.2) is 29.7 Å². The minimum atomic E-state index is -3.65. The Morgan fingerprint density at radius 1 is 1.26 bits per heavy atom. The summed E-state index contributed by atoms with van der Waals surface area (Å²) in [6.45, 7) is 4.92. The maximum atomic E-state index is 13.0. The summed E-state index contributed by atoms with van der Waals surface area (Å²) < 4.78 is 32.0. The molecule has 0 radical (unpaired) electrons. The second-order valence-corrected chi connectivity index (χ2v) is 9.78. The summed E-state index contributed by atoms with van der Waals surface area (Å²) in [5, 5.41) is 9.21. The predicted octanol–water partition coefficient (Wildman–Crippen LogP) is 3.04. The number of ether oxygens (including phenoxy) is 1. The molecule has 0 saturated heterocycles. The van der Waals surface area contributed by atoms with Crippen molar-refractivity contribution in [3.05, 3.63) is 42.2 Å². The van der Waals surface area contributed by atoms with E-state index in [4.69, 9.17) is 10.5 Å². The molecule has 8 heteroatoms. The number of hydrogen-bond donors (Lipinski definition) is 1. The fourth-order valence-corrected chi connectivity index (χ4v) is 4.02. The van der Waals surface area contributed by atoms with Gasteiger partial charge in [-0.15, -0.1) is 0 Å². The zero-order valence-electron chi connectivity index (χ0n) is 15.5. The smallest absolute Gasteiger partial charge is 0.188 e. The molecule has 0 aliphatic rings. The molecule has 3 aromatic rings. The number of rotatable bonds is 3. The number of nitrogen functional groups attached to an aromatic ring is 1. The highest BCUT2D eigenvalue weighted by Crippen LogP contribution is 2.34. The molecular formula is C19H20N4O3S. The van der Waals surface area contributed by atoms with Crippen molar-refractivity contribution in [3.63, 3.8) is 0 Å². The first-order chi connectivity index (χ1) is 12.6. The van der Waals surface area contributed by atoms with Crippen LogP contribution >= 0.6 is 0 Å². The van der Waals surface area contributed by atoms with Gasteiger partial charge in [0.25, 0.3) is 0 Å². The Kier molecular flexibility index (Phi) is 4.36. The number of nitriles is 1. The number of benzene rings is 1. The molecule has 1 aromatic carbocycles. The number of sulfone groups is 1. The summed E-state index contributed by atoms with van der Waals surface area (Å²) >= 11 is 0. The number of methoxy groups -OCH3 is 1. The molecule has 27 heavy (non-hydrogen) atoms. The molecule has 0 atom stereocenters. The fraction of sp³-hybridized carbons (Fsp3) is 0.263. The highest BCUT2D eigenvalue weighted by atomic mass is 32.2. The number of aromatic nitrogens is 2. The maximum Gasteiger partial charge on any atom is 0.188 e. The quantitative estimate of drug-likeness (QED) is 0.695. The first-order valence-electron chi connectivity index (χ1n) is 8.20. The van der Waals surface area contributed by atoms with Gasteiger partial charge in [-0.25, -0.2) is 13.4 Å². The van der Waals surface area contributed by atoms with E-state index in [9.17, 15) is 13.7 Å². The molecule has 0 amide bonds. The molecule has 0 saturated carbocycles. The van der Waals surface area contributed by atoms with Crippen LogP contribution in [0.1, 0.15) is 26.3 Å². The molecular weight excluding hydrogens is 364 g/mol. The third-order valence-electron chi connectivity index (χ3n) is 4.36. The van der Waals surface area contributed by atoms with E-state index in [0.29, 0.717) is 28.2 Å². The van der Waals surface area contributed by atoms with Gasteiger partial charge in [0.05, 0.1) is 29.3 Å². The molecule has 0 aliphatic heterocycles. The van der Waals surface area contributed by atoms with E-state index in [2.05, 4.69) is 4.98 Å². The van der Waals surface area contributed by atoms with Crippen LogP contribution in [0.3, 0.4) is 0 Å². The van der Waals surface area contributed by atoms with E-state index in [1.54, 1.807) is 55.6 Å². The molecule has 0 unspecified atom stereocenters. The van der Waals surface area contributed by atoms with Crippen LogP contribution in [0.15, 0.2) is 41.6 Å². The summed E-state index contributed by atoms with van der Waals surface area (Å²) in [6, 6.07) is 8.70. The van der Waals surface area contributed by atoms with E-state index in [1.807, 2.05) is 6.07 Å². The van der Waals surface area contributed by atoms with Gasteiger partial charge in [-0.1, -0.05) is 6.07 Å². The minimum absolute atomic E-state index is 0.0835. The number of hydrogen-bond acceptors (Lipinski definition) is 6. The van der Waals surface area contributed by atoms with E-state index < -0.39 is 14.6 Å². The van der Waals surface area contributed by atoms with Crippen LogP contribution in [-0.2, 0) is 9.84 Å². The number of imidazole rings is 1. The first-order valence-corrected chi connectivity index (χ1v) is 9.68. The molecule has 3 rings (SSSR count). The van der Waals surface area contributed by atoms with Gasteiger partial charge < -0.3 is 10.5 Å². The Balaban J connectivity index is 2.31. The molecule has 0 fully saturated rings. The largest absolute Gasteiger partial charge is 0.495 e. The van der Waals surface area contributed by atoms with Gasteiger partial charge in [-0.3, -0.25) is 4.40 Å². The Morgan fingerprint density at radius 3 is 2.56 bits per heavy atom. The monoisotopic (exact) mass is 384 g/mol. The lowest BCUT2D eigenvalue weighted by Crippen LogP contribution is -2.28. The molecule has 0 spiro atoms. The van der Waals surface area contributed by atoms with Crippen LogP contribution < -0.4 is 10.5 Å². The van der Waals surface area contributed by atoms with Gasteiger partial charge in [-0.2, -0.15) is 5.26 Å². The highest BCUT2D eigenvalue weighted by molar-refractivity contribution is 7.92. The molecule has 0 bridgehead atoms. The molecule has 0 aliphatic carbocycles. The zero-order chi connectivity index (χ0) is 20.0. The zero-order valence-corrected chi connectivity index (χ0v) is 16.3. The third-order valence-corrected chi connectivity index (χ3v) is 6.86. The predicted molar refractivity (Wildman–Crippen MR) is 103 cm³/mol. The number of fused-ring (bicyclic) bond motifs is 1. The Bertz CT molecular complexity index is 1180. The van der Waals surface area contributed by atoms with E-state index in [-0.39, 0.29) is 10.6 Å². The van der Waals surface area contributed by atoms with Gasteiger partial charge in [0.1, 0.15) is 22.4 Å². The van der Waals surface area contributed by atoms with Crippen molar-refractivity contribution in [1.82, 2.24) is 9.38 Å². The van der Waals surface area contributed by atoms with E-state index in [0.717, 1.165) is 0 Å². The van der Waals surface area contributed by atoms with Crippen molar-refractivity contribution in [2.45, 2.75) is 30.4 Å². The second-order valence-electron chi connectivity index (χ2n) is 7.11. The summed E-state index contributed by atoms with van der Waals surface area (Å²) in [6.07, 6.45) is 3.13. The van der Waals surface area contributed by atoms with Crippen molar-refractivity contribution >= 4 is 21.2 Å². The summed E-state index contributed by atoms with van der Waals surface area (Å²) in [5.41, 5.74) is 8.41. The highest BCUT2D eigenvalue weighted by Gasteiger charge is 2.34. The standard InChI is InChI=1S/C19H20N4O3S/c1-19(2,3)27(24,25)17-11-23-15(10-22-18(23)8-16(17)26-4)12-5-6-14(21)13(7-12)9-20/h5-8,10-11H,21H2,1-4H3. The number of anilines is 1. The van der Waals surface area contributed by atoms with E-state index >= 15 is 0 Å². The second kappa shape index (κ2) is 6.28. The van der Waals surface area contributed by atoms with Crippen molar-refractivity contribution in [3.8, 4) is 23.1 Å². The lowest BCUT2D eigenvalue weighted by atomic mass is 10.1. The number of nitrogens with two attached hydrogens (primary N) is 1. The topological polar surface area (TPSA) is 110 Å². The summed E-state index contributed by atoms with van der Waals surface area (Å²) in [5.74, 6) is 0.240. The van der Waals surface area contributed by atoms with Crippen molar-refractivity contribution < 1.29 is 13.2 Å². The van der Waals surface area contributed by atoms with E-state index in [1.165, 1.54) is 13.3 Å². The van der Waals surface area contributed by atoms with Crippen molar-refractivity contribution in [2.24, 2.45) is 0 Å². The first kappa shape index (κ1) is 18.7. The van der Waals surface area contributed by atoms with Gasteiger partial charge >= 0.3 is 0 Å². The van der Waals surface area contributed by atoms with Crippen LogP contribution in [0.25, 0.3) is 16.9 Å². The SMILES string of the molecule is COc1cc2ncc(-c3ccc(N)c(C#N)c3)n2cc1S(=O)(=O)C(C)(C)C. The summed E-state index contributed by atoms with van der Waals surface area (Å²) in [4.78, 5) is 4.42. The average molecular weight is 384 g/mol. The Labute approximate surface area is 157 Å². The Morgan fingerprint density at radius 2 is 1.96 bits per heavy atom. The van der Waals surface area contributed by atoms with Gasteiger partial charge in [0, 0.05) is 23.5 Å². The fourth-order valence-electron chi connectivity index (χ4n) is 2.70. The van der Waals surface area contributed by atoms with Crippen LogP contribution in [0.4, 0.5) is 5.69 Å². The molecule has 2 aromatic heterocycles. The average Bonchev–Trinajstić information content (AvgIpc) is 3.03. The van der Waals surface area contributed by atoms with Gasteiger partial charge in [0.2, 0.25) is 0 Å². The number of pyridine rings is 1. The molecule has 2 N–H and O–H groups in total. The lowest BCUT2D eigenvalue weighted by Gasteiger charge is -2.21. The van der Waals surface area contributed by atoms with Crippen LogP contribution in [0, 0.1) is 11.3 Å². The van der Waals surface area contributed by atoms with Gasteiger partial charge in [0.15, 0.2) is 9.84 Å². The van der Waals surface area contributed by atoms with Crippen molar-refractivity contribution in [1.29, 1.82) is 5.26 Å². The molecule has 140 valence electrons.